The number of nitrogens with zero attached hydrogens (tertiary/aromatic N) is 3. The Morgan fingerprint density at radius 1 is 1.38 bits per heavy atom. The normalized spacial score (nSPS) is 22.2. The van der Waals surface area contributed by atoms with Crippen molar-refractivity contribution in [3.63, 3.8) is 0 Å². The zero-order chi connectivity index (χ0) is 18.5. The molecule has 0 aliphatic carbocycles. The number of nitrogens with one attached hydrogen (secondary N) is 2. The van der Waals surface area contributed by atoms with Crippen LogP contribution in [0.5, 0.6) is 0 Å². The number of sulfonamides is 1. The van der Waals surface area contributed by atoms with Crippen LogP contribution in [0.2, 0.25) is 0 Å². The summed E-state index contributed by atoms with van der Waals surface area (Å²) in [5.74, 6) is -0.920. The molecule has 2 heterocycles. The fourth-order valence-electron chi connectivity index (χ4n) is 2.11. The SMILES string of the molecule is CCC1(C)NC(=O)N(NS(=O)(=O)c2cnn(C)c2C(F)(F)F)C1=O. The first-order valence-corrected chi connectivity index (χ1v) is 8.10. The number of alkyl halides is 3. The summed E-state index contributed by atoms with van der Waals surface area (Å²) in [6, 6.07) is -1.08. The number of aromatic nitrogens is 2. The number of carbonyl (C=O) groups is 2. The van der Waals surface area contributed by atoms with E-state index in [9.17, 15) is 31.2 Å². The van der Waals surface area contributed by atoms with Crippen LogP contribution in [-0.2, 0) is 28.0 Å². The molecule has 0 radical (unpaired) electrons. The Hall–Kier alpha value is -2.15. The van der Waals surface area contributed by atoms with E-state index in [1.54, 1.807) is 11.8 Å². The van der Waals surface area contributed by atoms with Gasteiger partial charge in [-0.15, -0.1) is 4.83 Å². The molecule has 1 aromatic heterocycles. The van der Waals surface area contributed by atoms with Crippen molar-refractivity contribution in [1.29, 1.82) is 0 Å². The summed E-state index contributed by atoms with van der Waals surface area (Å²) in [6.45, 7) is 2.95. The molecule has 13 heteroatoms. The van der Waals surface area contributed by atoms with Crippen molar-refractivity contribution < 1.29 is 31.2 Å². The van der Waals surface area contributed by atoms with Crippen LogP contribution in [0, 0.1) is 0 Å². The van der Waals surface area contributed by atoms with Crippen LogP contribution in [0.4, 0.5) is 18.0 Å². The van der Waals surface area contributed by atoms with Crippen molar-refractivity contribution in [2.45, 2.75) is 36.9 Å². The number of hydrogen-bond acceptors (Lipinski definition) is 5. The summed E-state index contributed by atoms with van der Waals surface area (Å²) in [5, 5.41) is 5.70. The van der Waals surface area contributed by atoms with Gasteiger partial charge in [-0.2, -0.15) is 23.3 Å². The van der Waals surface area contributed by atoms with Gasteiger partial charge in [0.1, 0.15) is 10.4 Å². The van der Waals surface area contributed by atoms with E-state index in [0.717, 1.165) is 7.05 Å². The highest BCUT2D eigenvalue weighted by Crippen LogP contribution is 2.33. The number of carbonyl (C=O) groups excluding carboxylic acids is 2. The molecule has 0 aromatic carbocycles. The van der Waals surface area contributed by atoms with Crippen molar-refractivity contribution in [2.24, 2.45) is 7.05 Å². The Bertz CT molecular complexity index is 803. The van der Waals surface area contributed by atoms with Gasteiger partial charge in [0, 0.05) is 7.05 Å². The second-order valence-electron chi connectivity index (χ2n) is 5.33. The second kappa shape index (κ2) is 5.44. The average Bonchev–Trinajstić information content (AvgIpc) is 2.94. The van der Waals surface area contributed by atoms with Crippen molar-refractivity contribution >= 4 is 22.0 Å². The smallest absolute Gasteiger partial charge is 0.322 e. The monoisotopic (exact) mass is 369 g/mol. The Morgan fingerprint density at radius 2 is 1.96 bits per heavy atom. The molecule has 0 saturated carbocycles. The highest BCUT2D eigenvalue weighted by atomic mass is 32.2. The third kappa shape index (κ3) is 2.84. The van der Waals surface area contributed by atoms with Crippen LogP contribution >= 0.6 is 0 Å². The number of halogens is 3. The average molecular weight is 369 g/mol. The summed E-state index contributed by atoms with van der Waals surface area (Å²) in [4.78, 5) is 24.3. The van der Waals surface area contributed by atoms with Crippen LogP contribution in [0.25, 0.3) is 0 Å². The van der Waals surface area contributed by atoms with Crippen molar-refractivity contribution in [1.82, 2.24) is 24.9 Å². The number of hydrogen-bond donors (Lipinski definition) is 2. The molecule has 1 saturated heterocycles. The van der Waals surface area contributed by atoms with Crippen LogP contribution in [0.15, 0.2) is 11.1 Å². The Kier molecular flexibility index (Phi) is 4.13. The molecule has 1 aromatic rings. The van der Waals surface area contributed by atoms with E-state index in [2.05, 4.69) is 10.4 Å². The fourth-order valence-corrected chi connectivity index (χ4v) is 3.31. The molecule has 1 fully saturated rings. The maximum atomic E-state index is 13.0. The van der Waals surface area contributed by atoms with E-state index in [4.69, 9.17) is 0 Å². The summed E-state index contributed by atoms with van der Waals surface area (Å²) in [5.41, 5.74) is -2.87. The van der Waals surface area contributed by atoms with Gasteiger partial charge in [-0.1, -0.05) is 6.92 Å². The van der Waals surface area contributed by atoms with Crippen molar-refractivity contribution in [2.75, 3.05) is 0 Å². The van der Waals surface area contributed by atoms with Crippen molar-refractivity contribution in [3.05, 3.63) is 11.9 Å². The molecule has 1 atom stereocenters. The maximum Gasteiger partial charge on any atom is 0.434 e. The molecule has 134 valence electrons. The van der Waals surface area contributed by atoms with E-state index in [0.29, 0.717) is 10.9 Å². The lowest BCUT2D eigenvalue weighted by Crippen LogP contribution is -2.48. The minimum atomic E-state index is -5.00. The number of amides is 3. The standard InChI is InChI=1S/C11H14F3N5O4S/c1-4-10(2)8(20)19(9(21)16-10)17-24(22,23)6-5-15-18(3)7(6)11(12,13)14/h5,17H,4H2,1-3H3,(H,16,21). The largest absolute Gasteiger partial charge is 0.434 e. The van der Waals surface area contributed by atoms with Crippen molar-refractivity contribution in [3.8, 4) is 0 Å². The van der Waals surface area contributed by atoms with Gasteiger partial charge in [-0.3, -0.25) is 9.48 Å². The fraction of sp³-hybridized carbons (Fsp3) is 0.545. The van der Waals surface area contributed by atoms with Gasteiger partial charge >= 0.3 is 12.2 Å². The first-order chi connectivity index (χ1) is 10.8. The molecule has 24 heavy (non-hydrogen) atoms. The van der Waals surface area contributed by atoms with Gasteiger partial charge in [0.25, 0.3) is 15.9 Å². The van der Waals surface area contributed by atoms with Gasteiger partial charge in [0.2, 0.25) is 0 Å². The van der Waals surface area contributed by atoms with Gasteiger partial charge in [0.05, 0.1) is 6.20 Å². The first kappa shape index (κ1) is 18.2. The number of imide groups is 1. The minimum absolute atomic E-state index is 0.145. The predicted octanol–water partition coefficient (Wildman–Crippen LogP) is 0.353. The molecular weight excluding hydrogens is 355 g/mol. The molecule has 0 spiro atoms. The zero-order valence-electron chi connectivity index (χ0n) is 12.8. The zero-order valence-corrected chi connectivity index (χ0v) is 13.6. The van der Waals surface area contributed by atoms with Gasteiger partial charge in [-0.25, -0.2) is 13.2 Å². The van der Waals surface area contributed by atoms with E-state index in [1.165, 1.54) is 6.92 Å². The molecular formula is C11H14F3N5O4S. The lowest BCUT2D eigenvalue weighted by molar-refractivity contribution is -0.146. The summed E-state index contributed by atoms with van der Waals surface area (Å²) in [7, 11) is -3.95. The van der Waals surface area contributed by atoms with Crippen LogP contribution in [-0.4, -0.2) is 40.7 Å². The third-order valence-corrected chi connectivity index (χ3v) is 4.94. The van der Waals surface area contributed by atoms with Gasteiger partial charge in [-0.05, 0) is 13.3 Å². The third-order valence-electron chi connectivity index (χ3n) is 3.64. The molecule has 1 unspecified atom stereocenters. The molecule has 1 aliphatic heterocycles. The topological polar surface area (TPSA) is 113 Å². The molecule has 3 amide bonds. The molecule has 0 bridgehead atoms. The quantitative estimate of drug-likeness (QED) is 0.744. The van der Waals surface area contributed by atoms with E-state index in [-0.39, 0.29) is 11.4 Å². The van der Waals surface area contributed by atoms with Crippen LogP contribution in [0.1, 0.15) is 26.0 Å². The van der Waals surface area contributed by atoms with E-state index < -0.39 is 44.3 Å². The van der Waals surface area contributed by atoms with Gasteiger partial charge in [0.15, 0.2) is 5.69 Å². The number of hydrazine groups is 1. The van der Waals surface area contributed by atoms with E-state index >= 15 is 0 Å². The first-order valence-electron chi connectivity index (χ1n) is 6.62. The number of urea groups is 1. The summed E-state index contributed by atoms with van der Waals surface area (Å²) < 4.78 is 63.8. The number of aryl methyl sites for hydroxylation is 1. The lowest BCUT2D eigenvalue weighted by Gasteiger charge is -2.19. The van der Waals surface area contributed by atoms with Gasteiger partial charge < -0.3 is 5.32 Å². The summed E-state index contributed by atoms with van der Waals surface area (Å²) in [6.07, 6.45) is -4.34. The Morgan fingerprint density at radius 3 is 2.42 bits per heavy atom. The molecule has 2 rings (SSSR count). The predicted molar refractivity (Wildman–Crippen MR) is 72.6 cm³/mol. The highest BCUT2D eigenvalue weighted by Gasteiger charge is 2.49. The second-order valence-corrected chi connectivity index (χ2v) is 6.96. The maximum absolute atomic E-state index is 13.0. The van der Waals surface area contributed by atoms with Crippen LogP contribution < -0.4 is 10.1 Å². The molecule has 2 N–H and O–H groups in total. The molecule has 1 aliphatic rings. The highest BCUT2D eigenvalue weighted by molar-refractivity contribution is 7.89. The number of rotatable bonds is 4. The Labute approximate surface area is 134 Å². The van der Waals surface area contributed by atoms with Crippen LogP contribution in [0.3, 0.4) is 0 Å². The minimum Gasteiger partial charge on any atom is -0.322 e. The lowest BCUT2D eigenvalue weighted by atomic mass is 10.00. The molecule has 9 nitrogen and oxygen atoms in total. The summed E-state index contributed by atoms with van der Waals surface area (Å²) >= 11 is 0. The Balaban J connectivity index is 2.41. The van der Waals surface area contributed by atoms with E-state index in [1.807, 2.05) is 0 Å².